The fraction of sp³-hybridized carbons (Fsp3) is 0.0370. The molecule has 0 aromatic heterocycles. The molecule has 3 nitrogen and oxygen atoms in total. The molecule has 0 N–H and O–H groups in total. The average Bonchev–Trinajstić information content (AvgIpc) is 3.11. The summed E-state index contributed by atoms with van der Waals surface area (Å²) in [6.07, 6.45) is 1.87. The number of nitrogens with zero attached hydrogens (tertiary/aromatic N) is 2. The van der Waals surface area contributed by atoms with E-state index in [0.717, 1.165) is 33.2 Å². The van der Waals surface area contributed by atoms with Crippen LogP contribution in [0.3, 0.4) is 0 Å². The van der Waals surface area contributed by atoms with E-state index in [9.17, 15) is 4.79 Å². The molecule has 0 saturated carbocycles. The highest BCUT2D eigenvalue weighted by atomic mass is 35.5. The molecule has 0 fully saturated rings. The van der Waals surface area contributed by atoms with Gasteiger partial charge < -0.3 is 0 Å². The molecular formula is C27H19ClN2O. The molecule has 1 aliphatic heterocycles. The van der Waals surface area contributed by atoms with Crippen molar-refractivity contribution in [2.24, 2.45) is 4.99 Å². The van der Waals surface area contributed by atoms with Gasteiger partial charge in [0, 0.05) is 10.6 Å². The van der Waals surface area contributed by atoms with Gasteiger partial charge in [0.05, 0.1) is 5.69 Å². The van der Waals surface area contributed by atoms with Crippen molar-refractivity contribution in [2.75, 3.05) is 4.90 Å². The predicted octanol–water partition coefficient (Wildman–Crippen LogP) is 6.64. The highest BCUT2D eigenvalue weighted by Crippen LogP contribution is 2.30. The van der Waals surface area contributed by atoms with Crippen molar-refractivity contribution in [3.8, 4) is 0 Å². The van der Waals surface area contributed by atoms with Gasteiger partial charge in [0.15, 0.2) is 0 Å². The fourth-order valence-electron chi connectivity index (χ4n) is 3.77. The Morgan fingerprint density at radius 1 is 0.839 bits per heavy atom. The van der Waals surface area contributed by atoms with Crippen LogP contribution in [-0.2, 0) is 4.79 Å². The second-order valence-corrected chi connectivity index (χ2v) is 7.95. The second-order valence-electron chi connectivity index (χ2n) is 7.52. The maximum absolute atomic E-state index is 13.5. The quantitative estimate of drug-likeness (QED) is 0.341. The number of aliphatic imine (C=N–C) groups is 1. The lowest BCUT2D eigenvalue weighted by Gasteiger charge is -2.18. The summed E-state index contributed by atoms with van der Waals surface area (Å²) in [7, 11) is 0. The molecule has 150 valence electrons. The number of amidine groups is 1. The zero-order valence-electron chi connectivity index (χ0n) is 16.9. The molecule has 1 heterocycles. The van der Waals surface area contributed by atoms with Crippen LogP contribution < -0.4 is 4.90 Å². The van der Waals surface area contributed by atoms with Crippen molar-refractivity contribution in [1.82, 2.24) is 0 Å². The first-order valence-electron chi connectivity index (χ1n) is 10.1. The van der Waals surface area contributed by atoms with E-state index >= 15 is 0 Å². The second kappa shape index (κ2) is 7.86. The minimum absolute atomic E-state index is 0.161. The van der Waals surface area contributed by atoms with Crippen LogP contribution in [-0.4, -0.2) is 11.7 Å². The van der Waals surface area contributed by atoms with Crippen molar-refractivity contribution < 1.29 is 4.79 Å². The van der Waals surface area contributed by atoms with Gasteiger partial charge in [-0.05, 0) is 53.6 Å². The molecule has 5 rings (SSSR count). The summed E-state index contributed by atoms with van der Waals surface area (Å²) >= 11 is 6.07. The topological polar surface area (TPSA) is 32.7 Å². The number of fused-ring (bicyclic) bond motifs is 1. The number of benzene rings is 4. The van der Waals surface area contributed by atoms with Gasteiger partial charge in [0.1, 0.15) is 11.5 Å². The predicted molar refractivity (Wildman–Crippen MR) is 129 cm³/mol. The SMILES string of the molecule is Cc1ccc(C2=N/C(=C/c3cccc4ccccc34)C(=O)N2c2ccc(Cl)cc2)cc1. The molecule has 0 bridgehead atoms. The average molecular weight is 423 g/mol. The highest BCUT2D eigenvalue weighted by molar-refractivity contribution is 6.34. The van der Waals surface area contributed by atoms with Gasteiger partial charge in [0.25, 0.3) is 5.91 Å². The molecule has 4 aromatic rings. The van der Waals surface area contributed by atoms with Crippen molar-refractivity contribution in [2.45, 2.75) is 6.92 Å². The monoisotopic (exact) mass is 422 g/mol. The van der Waals surface area contributed by atoms with Crippen LogP contribution in [0.5, 0.6) is 0 Å². The van der Waals surface area contributed by atoms with Gasteiger partial charge in [0.2, 0.25) is 0 Å². The normalized spacial score (nSPS) is 15.0. The van der Waals surface area contributed by atoms with Crippen LogP contribution in [0, 0.1) is 6.92 Å². The third kappa shape index (κ3) is 3.65. The summed E-state index contributed by atoms with van der Waals surface area (Å²) in [6, 6.07) is 29.5. The zero-order valence-corrected chi connectivity index (χ0v) is 17.7. The Kier molecular flexibility index (Phi) is 4.89. The van der Waals surface area contributed by atoms with E-state index in [1.54, 1.807) is 17.0 Å². The first-order chi connectivity index (χ1) is 15.1. The summed E-state index contributed by atoms with van der Waals surface area (Å²) < 4.78 is 0. The van der Waals surface area contributed by atoms with Gasteiger partial charge in [-0.15, -0.1) is 0 Å². The van der Waals surface area contributed by atoms with Gasteiger partial charge >= 0.3 is 0 Å². The first-order valence-corrected chi connectivity index (χ1v) is 10.4. The summed E-state index contributed by atoms with van der Waals surface area (Å²) in [5.74, 6) is 0.449. The summed E-state index contributed by atoms with van der Waals surface area (Å²) in [6.45, 7) is 2.04. The molecule has 0 saturated heterocycles. The minimum Gasteiger partial charge on any atom is -0.266 e. The zero-order chi connectivity index (χ0) is 21.4. The maximum Gasteiger partial charge on any atom is 0.282 e. The lowest BCUT2D eigenvalue weighted by molar-refractivity contribution is -0.113. The summed E-state index contributed by atoms with van der Waals surface area (Å²) in [4.78, 5) is 19.9. The number of hydrogen-bond donors (Lipinski definition) is 0. The molecule has 4 heteroatoms. The summed E-state index contributed by atoms with van der Waals surface area (Å²) in [5.41, 5.74) is 4.14. The lowest BCUT2D eigenvalue weighted by Crippen LogP contribution is -2.32. The standard InChI is InChI=1S/C27H19ClN2O/c1-18-9-11-20(12-10-18)26-29-25(27(31)30(26)23-15-13-22(28)14-16-23)17-21-7-4-6-19-5-2-3-8-24(19)21/h2-17H,1H3/b25-17+. The Hall–Kier alpha value is -3.69. The van der Waals surface area contributed by atoms with Crippen molar-refractivity contribution >= 4 is 45.9 Å². The molecule has 1 aliphatic rings. The molecule has 0 atom stereocenters. The number of amides is 1. The smallest absolute Gasteiger partial charge is 0.266 e. The number of rotatable bonds is 3. The van der Waals surface area contributed by atoms with Crippen LogP contribution in [0.2, 0.25) is 5.02 Å². The van der Waals surface area contributed by atoms with E-state index in [2.05, 4.69) is 18.2 Å². The van der Waals surface area contributed by atoms with E-state index in [1.807, 2.05) is 73.7 Å². The number of anilines is 1. The fourth-order valence-corrected chi connectivity index (χ4v) is 3.89. The van der Waals surface area contributed by atoms with E-state index in [1.165, 1.54) is 0 Å². The Balaban J connectivity index is 1.66. The third-order valence-corrected chi connectivity index (χ3v) is 5.62. The van der Waals surface area contributed by atoms with Gasteiger partial charge in [-0.1, -0.05) is 83.9 Å². The van der Waals surface area contributed by atoms with E-state index in [-0.39, 0.29) is 5.91 Å². The Morgan fingerprint density at radius 2 is 1.55 bits per heavy atom. The molecule has 1 amide bonds. The molecule has 31 heavy (non-hydrogen) atoms. The molecular weight excluding hydrogens is 404 g/mol. The highest BCUT2D eigenvalue weighted by Gasteiger charge is 2.32. The number of halogens is 1. The Morgan fingerprint density at radius 3 is 2.32 bits per heavy atom. The van der Waals surface area contributed by atoms with Crippen LogP contribution in [0.15, 0.2) is 102 Å². The number of carbonyl (C=O) groups excluding carboxylic acids is 1. The minimum atomic E-state index is -0.161. The van der Waals surface area contributed by atoms with Crippen LogP contribution in [0.4, 0.5) is 5.69 Å². The van der Waals surface area contributed by atoms with Gasteiger partial charge in [-0.25, -0.2) is 4.99 Å². The van der Waals surface area contributed by atoms with Crippen molar-refractivity contribution in [3.63, 3.8) is 0 Å². The Bertz CT molecular complexity index is 1350. The van der Waals surface area contributed by atoms with Crippen molar-refractivity contribution in [1.29, 1.82) is 0 Å². The number of aryl methyl sites for hydroxylation is 1. The van der Waals surface area contributed by atoms with E-state index < -0.39 is 0 Å². The maximum atomic E-state index is 13.5. The molecule has 0 aliphatic carbocycles. The number of hydrogen-bond acceptors (Lipinski definition) is 2. The van der Waals surface area contributed by atoms with E-state index in [0.29, 0.717) is 16.6 Å². The molecule has 0 radical (unpaired) electrons. The molecule has 0 unspecified atom stereocenters. The van der Waals surface area contributed by atoms with Gasteiger partial charge in [-0.2, -0.15) is 0 Å². The largest absolute Gasteiger partial charge is 0.282 e. The van der Waals surface area contributed by atoms with Gasteiger partial charge in [-0.3, -0.25) is 9.69 Å². The molecule has 0 spiro atoms. The van der Waals surface area contributed by atoms with Crippen LogP contribution in [0.1, 0.15) is 16.7 Å². The van der Waals surface area contributed by atoms with Crippen LogP contribution >= 0.6 is 11.6 Å². The lowest BCUT2D eigenvalue weighted by atomic mass is 10.0. The number of carbonyl (C=O) groups is 1. The van der Waals surface area contributed by atoms with E-state index in [4.69, 9.17) is 16.6 Å². The third-order valence-electron chi connectivity index (χ3n) is 5.37. The van der Waals surface area contributed by atoms with Crippen molar-refractivity contribution in [3.05, 3.63) is 118 Å². The molecule has 4 aromatic carbocycles. The first kappa shape index (κ1) is 19.3. The van der Waals surface area contributed by atoms with Crippen LogP contribution in [0.25, 0.3) is 16.8 Å². The Labute approximate surface area is 185 Å². The summed E-state index contributed by atoms with van der Waals surface area (Å²) in [5, 5.41) is 2.83.